The minimum absolute atomic E-state index is 0.145. The molecule has 2 N–H and O–H groups in total. The predicted molar refractivity (Wildman–Crippen MR) is 97.3 cm³/mol. The highest BCUT2D eigenvalue weighted by Gasteiger charge is 2.42. The molecule has 0 radical (unpaired) electrons. The molecule has 3 aromatic rings. The highest BCUT2D eigenvalue weighted by Crippen LogP contribution is 2.32. The maximum absolute atomic E-state index is 13.6. The molecule has 30 heavy (non-hydrogen) atoms. The first-order chi connectivity index (χ1) is 14.2. The number of carbonyl (C=O) groups is 2. The van der Waals surface area contributed by atoms with E-state index in [0.29, 0.717) is 15.8 Å². The van der Waals surface area contributed by atoms with Crippen molar-refractivity contribution in [1.82, 2.24) is 25.6 Å². The van der Waals surface area contributed by atoms with Gasteiger partial charge in [0, 0.05) is 19.2 Å². The molecule has 0 aliphatic heterocycles. The summed E-state index contributed by atoms with van der Waals surface area (Å²) in [6.07, 6.45) is -4.97. The number of alkyl halides is 3. The Labute approximate surface area is 167 Å². The lowest BCUT2D eigenvalue weighted by Crippen LogP contribution is -2.27. The van der Waals surface area contributed by atoms with Gasteiger partial charge in [0.1, 0.15) is 5.82 Å². The Morgan fingerprint density at radius 1 is 1.07 bits per heavy atom. The number of aromatic nitrogens is 3. The number of benzene rings is 2. The standard InChI is InChI=1S/C19H15F4N5O2/c1-24-17(29)12-5-2-4-11(8-12)10-25-18(30)15-16(19(21,22)23)28(27-26-15)14-7-3-6-13(20)9-14/h2-9H,10H2,1H3,(H,24,29)(H,25,30). The van der Waals surface area contributed by atoms with E-state index in [9.17, 15) is 27.2 Å². The molecular weight excluding hydrogens is 406 g/mol. The molecular formula is C19H15F4N5O2. The van der Waals surface area contributed by atoms with Gasteiger partial charge in [-0.3, -0.25) is 9.59 Å². The number of hydrogen-bond acceptors (Lipinski definition) is 4. The topological polar surface area (TPSA) is 88.9 Å². The van der Waals surface area contributed by atoms with E-state index in [1.54, 1.807) is 18.2 Å². The zero-order valence-electron chi connectivity index (χ0n) is 15.5. The molecule has 0 aliphatic rings. The largest absolute Gasteiger partial charge is 0.435 e. The summed E-state index contributed by atoms with van der Waals surface area (Å²) in [5.74, 6) is -2.23. The van der Waals surface area contributed by atoms with Crippen LogP contribution in [0.15, 0.2) is 48.5 Å². The van der Waals surface area contributed by atoms with Gasteiger partial charge < -0.3 is 10.6 Å². The second-order valence-electron chi connectivity index (χ2n) is 6.14. The predicted octanol–water partition coefficient (Wildman–Crippen LogP) is 2.71. The zero-order valence-corrected chi connectivity index (χ0v) is 15.5. The molecule has 2 aromatic carbocycles. The lowest BCUT2D eigenvalue weighted by Gasteiger charge is -2.11. The van der Waals surface area contributed by atoms with Crippen LogP contribution < -0.4 is 10.6 Å². The van der Waals surface area contributed by atoms with Crippen molar-refractivity contribution in [1.29, 1.82) is 0 Å². The van der Waals surface area contributed by atoms with Crippen molar-refractivity contribution in [2.45, 2.75) is 12.7 Å². The molecule has 3 rings (SSSR count). The van der Waals surface area contributed by atoms with Gasteiger partial charge in [0.05, 0.1) is 5.69 Å². The molecule has 1 heterocycles. The van der Waals surface area contributed by atoms with E-state index >= 15 is 0 Å². The fraction of sp³-hybridized carbons (Fsp3) is 0.158. The Hall–Kier alpha value is -3.76. The molecule has 0 bridgehead atoms. The maximum Gasteiger partial charge on any atom is 0.435 e. The maximum atomic E-state index is 13.6. The second kappa shape index (κ2) is 8.31. The summed E-state index contributed by atoms with van der Waals surface area (Å²) in [7, 11) is 1.46. The summed E-state index contributed by atoms with van der Waals surface area (Å²) >= 11 is 0. The van der Waals surface area contributed by atoms with E-state index in [1.165, 1.54) is 25.2 Å². The molecule has 0 spiro atoms. The first-order valence-electron chi connectivity index (χ1n) is 8.58. The number of nitrogens with one attached hydrogen (secondary N) is 2. The van der Waals surface area contributed by atoms with Crippen molar-refractivity contribution in [2.75, 3.05) is 7.05 Å². The Bertz CT molecular complexity index is 1090. The summed E-state index contributed by atoms with van der Waals surface area (Å²) in [6, 6.07) is 10.5. The van der Waals surface area contributed by atoms with Crippen LogP contribution in [0.25, 0.3) is 5.69 Å². The van der Waals surface area contributed by atoms with Crippen molar-refractivity contribution < 1.29 is 27.2 Å². The van der Waals surface area contributed by atoms with E-state index in [0.717, 1.165) is 12.1 Å². The Balaban J connectivity index is 1.87. The third-order valence-electron chi connectivity index (χ3n) is 4.08. The highest BCUT2D eigenvalue weighted by atomic mass is 19.4. The summed E-state index contributed by atoms with van der Waals surface area (Å²) in [5, 5.41) is 11.5. The summed E-state index contributed by atoms with van der Waals surface area (Å²) in [6.45, 7) is -0.145. The molecule has 7 nitrogen and oxygen atoms in total. The molecule has 0 saturated heterocycles. The average Bonchev–Trinajstić information content (AvgIpc) is 3.17. The Morgan fingerprint density at radius 2 is 1.80 bits per heavy atom. The Kier molecular flexibility index (Phi) is 5.81. The van der Waals surface area contributed by atoms with E-state index < -0.39 is 29.3 Å². The first kappa shape index (κ1) is 21.0. The third-order valence-corrected chi connectivity index (χ3v) is 4.08. The lowest BCUT2D eigenvalue weighted by atomic mass is 10.1. The monoisotopic (exact) mass is 421 g/mol. The van der Waals surface area contributed by atoms with Gasteiger partial charge in [-0.25, -0.2) is 9.07 Å². The smallest absolute Gasteiger partial charge is 0.355 e. The Morgan fingerprint density at radius 3 is 2.47 bits per heavy atom. The highest BCUT2D eigenvalue weighted by molar-refractivity contribution is 5.94. The number of amides is 2. The fourth-order valence-corrected chi connectivity index (χ4v) is 2.71. The third kappa shape index (κ3) is 4.45. The van der Waals surface area contributed by atoms with E-state index in [-0.39, 0.29) is 18.1 Å². The van der Waals surface area contributed by atoms with Crippen molar-refractivity contribution in [3.05, 3.63) is 76.9 Å². The minimum Gasteiger partial charge on any atom is -0.355 e. The van der Waals surface area contributed by atoms with Crippen LogP contribution in [0.2, 0.25) is 0 Å². The van der Waals surface area contributed by atoms with Gasteiger partial charge in [0.2, 0.25) is 0 Å². The van der Waals surface area contributed by atoms with Gasteiger partial charge in [-0.15, -0.1) is 5.10 Å². The fourth-order valence-electron chi connectivity index (χ4n) is 2.71. The lowest BCUT2D eigenvalue weighted by molar-refractivity contribution is -0.143. The summed E-state index contributed by atoms with van der Waals surface area (Å²) in [5.41, 5.74) is -1.78. The molecule has 156 valence electrons. The molecule has 0 unspecified atom stereocenters. The van der Waals surface area contributed by atoms with Gasteiger partial charge in [-0.2, -0.15) is 13.2 Å². The summed E-state index contributed by atoms with van der Waals surface area (Å²) in [4.78, 5) is 24.1. The number of hydrogen-bond donors (Lipinski definition) is 2. The van der Waals surface area contributed by atoms with E-state index in [2.05, 4.69) is 20.9 Å². The van der Waals surface area contributed by atoms with Gasteiger partial charge in [-0.05, 0) is 35.9 Å². The first-order valence-corrected chi connectivity index (χ1v) is 8.58. The van der Waals surface area contributed by atoms with Gasteiger partial charge in [0.15, 0.2) is 11.4 Å². The van der Waals surface area contributed by atoms with Crippen LogP contribution in [0.3, 0.4) is 0 Å². The van der Waals surface area contributed by atoms with Gasteiger partial charge >= 0.3 is 6.18 Å². The number of nitrogens with zero attached hydrogens (tertiary/aromatic N) is 3. The van der Waals surface area contributed by atoms with E-state index in [1.807, 2.05) is 0 Å². The van der Waals surface area contributed by atoms with Crippen LogP contribution in [0.5, 0.6) is 0 Å². The van der Waals surface area contributed by atoms with Crippen LogP contribution in [0, 0.1) is 5.82 Å². The van der Waals surface area contributed by atoms with Crippen LogP contribution >= 0.6 is 0 Å². The molecule has 0 saturated carbocycles. The van der Waals surface area contributed by atoms with Crippen molar-refractivity contribution in [3.63, 3.8) is 0 Å². The second-order valence-corrected chi connectivity index (χ2v) is 6.14. The van der Waals surface area contributed by atoms with Gasteiger partial charge in [0.25, 0.3) is 11.8 Å². The normalized spacial score (nSPS) is 11.2. The molecule has 1 aromatic heterocycles. The molecule has 0 atom stereocenters. The average molecular weight is 421 g/mol. The molecule has 0 aliphatic carbocycles. The summed E-state index contributed by atoms with van der Waals surface area (Å²) < 4.78 is 54.6. The van der Waals surface area contributed by atoms with Crippen LogP contribution in [-0.4, -0.2) is 33.9 Å². The number of halogens is 4. The van der Waals surface area contributed by atoms with Crippen LogP contribution in [0.1, 0.15) is 32.1 Å². The molecule has 11 heteroatoms. The minimum atomic E-state index is -4.97. The van der Waals surface area contributed by atoms with Crippen molar-refractivity contribution in [2.24, 2.45) is 0 Å². The van der Waals surface area contributed by atoms with Crippen molar-refractivity contribution >= 4 is 11.8 Å². The zero-order chi connectivity index (χ0) is 21.9. The molecule has 0 fully saturated rings. The molecule has 2 amide bonds. The van der Waals surface area contributed by atoms with Gasteiger partial charge in [-0.1, -0.05) is 23.4 Å². The van der Waals surface area contributed by atoms with Crippen LogP contribution in [0.4, 0.5) is 17.6 Å². The van der Waals surface area contributed by atoms with E-state index in [4.69, 9.17) is 0 Å². The quantitative estimate of drug-likeness (QED) is 0.620. The SMILES string of the molecule is CNC(=O)c1cccc(CNC(=O)c2nnn(-c3cccc(F)c3)c2C(F)(F)F)c1. The van der Waals surface area contributed by atoms with Crippen molar-refractivity contribution in [3.8, 4) is 5.69 Å². The van der Waals surface area contributed by atoms with Crippen LogP contribution in [-0.2, 0) is 12.7 Å². The number of carbonyl (C=O) groups excluding carboxylic acids is 2. The number of rotatable bonds is 5.